The Hall–Kier alpha value is -0.0800. The second kappa shape index (κ2) is 7.64. The summed E-state index contributed by atoms with van der Waals surface area (Å²) in [4.78, 5) is 2.28. The first-order valence-electron chi connectivity index (χ1n) is 8.20. The molecule has 2 nitrogen and oxygen atoms in total. The summed E-state index contributed by atoms with van der Waals surface area (Å²) in [5.41, 5.74) is 0.491. The van der Waals surface area contributed by atoms with Gasteiger partial charge in [0, 0.05) is 12.1 Å². The number of rotatable bonds is 5. The van der Waals surface area contributed by atoms with Crippen LogP contribution in [0.5, 0.6) is 0 Å². The molecule has 1 fully saturated rings. The molecule has 0 spiro atoms. The summed E-state index contributed by atoms with van der Waals surface area (Å²) in [5, 5.41) is 3.86. The highest BCUT2D eigenvalue weighted by Gasteiger charge is 2.27. The second-order valence-electron chi connectivity index (χ2n) is 7.93. The Morgan fingerprint density at radius 1 is 1.11 bits per heavy atom. The Bertz CT molecular complexity index is 242. The summed E-state index contributed by atoms with van der Waals surface area (Å²) in [6.45, 7) is 10.8. The molecule has 2 heteroatoms. The van der Waals surface area contributed by atoms with Crippen LogP contribution in [-0.4, -0.2) is 37.6 Å². The molecule has 19 heavy (non-hydrogen) atoms. The van der Waals surface area contributed by atoms with Gasteiger partial charge < -0.3 is 10.2 Å². The van der Waals surface area contributed by atoms with E-state index in [1.54, 1.807) is 0 Å². The molecule has 3 unspecified atom stereocenters. The SMILES string of the molecule is CC(CCN(C)C)NC1CCCC(C(C)(C)C)CC1. The quantitative estimate of drug-likeness (QED) is 0.761. The van der Waals surface area contributed by atoms with E-state index < -0.39 is 0 Å². The van der Waals surface area contributed by atoms with Gasteiger partial charge in [-0.05, 0) is 71.0 Å². The van der Waals surface area contributed by atoms with Crippen LogP contribution < -0.4 is 5.32 Å². The minimum absolute atomic E-state index is 0.491. The Morgan fingerprint density at radius 3 is 2.37 bits per heavy atom. The molecule has 0 radical (unpaired) electrons. The van der Waals surface area contributed by atoms with Crippen molar-refractivity contribution in [2.24, 2.45) is 11.3 Å². The highest BCUT2D eigenvalue weighted by Crippen LogP contribution is 2.36. The first kappa shape index (κ1) is 17.0. The molecule has 1 N–H and O–H groups in total. The molecule has 0 aromatic carbocycles. The third kappa shape index (κ3) is 6.76. The normalized spacial score (nSPS) is 27.3. The molecule has 0 saturated heterocycles. The summed E-state index contributed by atoms with van der Waals surface area (Å²) in [6, 6.07) is 1.41. The third-order valence-electron chi connectivity index (χ3n) is 4.72. The lowest BCUT2D eigenvalue weighted by Crippen LogP contribution is -2.38. The topological polar surface area (TPSA) is 15.3 Å². The van der Waals surface area contributed by atoms with E-state index in [0.717, 1.165) is 12.0 Å². The highest BCUT2D eigenvalue weighted by molar-refractivity contribution is 4.82. The maximum atomic E-state index is 3.86. The number of hydrogen-bond acceptors (Lipinski definition) is 2. The molecule has 0 amide bonds. The van der Waals surface area contributed by atoms with E-state index >= 15 is 0 Å². The summed E-state index contributed by atoms with van der Waals surface area (Å²) < 4.78 is 0. The lowest BCUT2D eigenvalue weighted by atomic mass is 9.76. The van der Waals surface area contributed by atoms with Crippen LogP contribution in [0.4, 0.5) is 0 Å². The molecule has 0 heterocycles. The molecule has 0 aliphatic heterocycles. The van der Waals surface area contributed by atoms with Crippen LogP contribution in [0, 0.1) is 11.3 Å². The zero-order valence-corrected chi connectivity index (χ0v) is 14.1. The van der Waals surface area contributed by atoms with E-state index in [-0.39, 0.29) is 0 Å². The molecule has 1 rings (SSSR count). The average Bonchev–Trinajstić information content (AvgIpc) is 2.51. The second-order valence-corrected chi connectivity index (χ2v) is 7.93. The molecule has 0 bridgehead atoms. The van der Waals surface area contributed by atoms with E-state index in [4.69, 9.17) is 0 Å². The zero-order valence-electron chi connectivity index (χ0n) is 14.1. The summed E-state index contributed by atoms with van der Waals surface area (Å²) in [5.74, 6) is 0.913. The van der Waals surface area contributed by atoms with Gasteiger partial charge in [0.2, 0.25) is 0 Å². The predicted octanol–water partition coefficient (Wildman–Crippen LogP) is 3.91. The first-order chi connectivity index (χ1) is 8.79. The molecule has 114 valence electrons. The van der Waals surface area contributed by atoms with Crippen LogP contribution in [0.25, 0.3) is 0 Å². The smallest absolute Gasteiger partial charge is 0.00696 e. The van der Waals surface area contributed by atoms with Crippen LogP contribution in [-0.2, 0) is 0 Å². The van der Waals surface area contributed by atoms with Crippen LogP contribution in [0.15, 0.2) is 0 Å². The van der Waals surface area contributed by atoms with E-state index in [1.807, 2.05) is 0 Å². The molecule has 3 atom stereocenters. The summed E-state index contributed by atoms with van der Waals surface area (Å²) in [6.07, 6.45) is 8.23. The van der Waals surface area contributed by atoms with Crippen molar-refractivity contribution in [3.8, 4) is 0 Å². The molecule has 1 saturated carbocycles. The van der Waals surface area contributed by atoms with Crippen molar-refractivity contribution in [3.05, 3.63) is 0 Å². The maximum Gasteiger partial charge on any atom is 0.00696 e. The van der Waals surface area contributed by atoms with Gasteiger partial charge in [0.15, 0.2) is 0 Å². The van der Waals surface area contributed by atoms with Crippen LogP contribution in [0.1, 0.15) is 66.2 Å². The highest BCUT2D eigenvalue weighted by atomic mass is 15.1. The molecular weight excluding hydrogens is 232 g/mol. The van der Waals surface area contributed by atoms with E-state index in [9.17, 15) is 0 Å². The fourth-order valence-corrected chi connectivity index (χ4v) is 3.27. The Kier molecular flexibility index (Phi) is 6.82. The standard InChI is InChI=1S/C17H36N2/c1-14(12-13-19(5)6)18-16-9-7-8-15(10-11-16)17(2,3)4/h14-16,18H,7-13H2,1-6H3. The van der Waals surface area contributed by atoms with Crippen LogP contribution >= 0.6 is 0 Å². The van der Waals surface area contributed by atoms with Crippen molar-refractivity contribution in [2.75, 3.05) is 20.6 Å². The molecule has 0 aromatic rings. The van der Waals surface area contributed by atoms with Crippen molar-refractivity contribution >= 4 is 0 Å². The number of nitrogens with one attached hydrogen (secondary N) is 1. The Balaban J connectivity index is 2.33. The van der Waals surface area contributed by atoms with Gasteiger partial charge in [-0.25, -0.2) is 0 Å². The van der Waals surface area contributed by atoms with Gasteiger partial charge in [0.25, 0.3) is 0 Å². The number of hydrogen-bond donors (Lipinski definition) is 1. The van der Waals surface area contributed by atoms with Crippen molar-refractivity contribution in [2.45, 2.75) is 78.3 Å². The zero-order chi connectivity index (χ0) is 14.5. The van der Waals surface area contributed by atoms with Crippen LogP contribution in [0.3, 0.4) is 0 Å². The lowest BCUT2D eigenvalue weighted by Gasteiger charge is -2.30. The van der Waals surface area contributed by atoms with Crippen LogP contribution in [0.2, 0.25) is 0 Å². The Labute approximate surface area is 121 Å². The van der Waals surface area contributed by atoms with Gasteiger partial charge >= 0.3 is 0 Å². The van der Waals surface area contributed by atoms with Gasteiger partial charge in [-0.2, -0.15) is 0 Å². The molecule has 0 aromatic heterocycles. The fraction of sp³-hybridized carbons (Fsp3) is 1.00. The molecular formula is C17H36N2. The van der Waals surface area contributed by atoms with Gasteiger partial charge in [-0.1, -0.05) is 27.2 Å². The van der Waals surface area contributed by atoms with Gasteiger partial charge in [0.05, 0.1) is 0 Å². The maximum absolute atomic E-state index is 3.86. The molecule has 1 aliphatic rings. The summed E-state index contributed by atoms with van der Waals surface area (Å²) >= 11 is 0. The fourth-order valence-electron chi connectivity index (χ4n) is 3.27. The average molecular weight is 268 g/mol. The minimum atomic E-state index is 0.491. The largest absolute Gasteiger partial charge is 0.311 e. The van der Waals surface area contributed by atoms with Crippen molar-refractivity contribution in [1.29, 1.82) is 0 Å². The van der Waals surface area contributed by atoms with Gasteiger partial charge in [-0.15, -0.1) is 0 Å². The monoisotopic (exact) mass is 268 g/mol. The van der Waals surface area contributed by atoms with Gasteiger partial charge in [-0.3, -0.25) is 0 Å². The van der Waals surface area contributed by atoms with Crippen molar-refractivity contribution in [1.82, 2.24) is 10.2 Å². The lowest BCUT2D eigenvalue weighted by molar-refractivity contribution is 0.213. The van der Waals surface area contributed by atoms with E-state index in [0.29, 0.717) is 11.5 Å². The van der Waals surface area contributed by atoms with Gasteiger partial charge in [0.1, 0.15) is 0 Å². The van der Waals surface area contributed by atoms with Crippen molar-refractivity contribution < 1.29 is 0 Å². The first-order valence-corrected chi connectivity index (χ1v) is 8.20. The third-order valence-corrected chi connectivity index (χ3v) is 4.72. The predicted molar refractivity (Wildman–Crippen MR) is 85.6 cm³/mol. The molecule has 1 aliphatic carbocycles. The van der Waals surface area contributed by atoms with Crippen molar-refractivity contribution in [3.63, 3.8) is 0 Å². The van der Waals surface area contributed by atoms with E-state index in [1.165, 1.54) is 45.1 Å². The number of nitrogens with zero attached hydrogens (tertiary/aromatic N) is 1. The van der Waals surface area contributed by atoms with E-state index in [2.05, 4.69) is 52.0 Å². The Morgan fingerprint density at radius 2 is 1.79 bits per heavy atom. The summed E-state index contributed by atoms with van der Waals surface area (Å²) in [7, 11) is 4.32. The minimum Gasteiger partial charge on any atom is -0.311 e.